The van der Waals surface area contributed by atoms with Gasteiger partial charge in [-0.1, -0.05) is 11.6 Å². The third-order valence-corrected chi connectivity index (χ3v) is 4.94. The van der Waals surface area contributed by atoms with E-state index in [1.165, 1.54) is 29.5 Å². The number of sulfonamides is 1. The van der Waals surface area contributed by atoms with Crippen LogP contribution in [0, 0.1) is 13.8 Å². The van der Waals surface area contributed by atoms with Gasteiger partial charge in [-0.05, 0) is 32.0 Å². The molecule has 0 atom stereocenters. The third-order valence-electron chi connectivity index (χ3n) is 2.62. The number of benzene rings is 1. The third kappa shape index (κ3) is 3.59. The maximum atomic E-state index is 12.2. The summed E-state index contributed by atoms with van der Waals surface area (Å²) in [5.41, 5.74) is 0.785. The Balaban J connectivity index is 2.35. The van der Waals surface area contributed by atoms with Crippen LogP contribution in [0.4, 0.5) is 5.69 Å². The topological polar surface area (TPSA) is 102 Å². The Morgan fingerprint density at radius 3 is 2.57 bits per heavy atom. The summed E-state index contributed by atoms with van der Waals surface area (Å²) in [6.45, 7) is 3.52. The number of rotatable bonds is 3. The highest BCUT2D eigenvalue weighted by molar-refractivity contribution is 7.89. The largest absolute Gasteiger partial charge is 0.320 e. The summed E-state index contributed by atoms with van der Waals surface area (Å²) >= 11 is 7.21. The van der Waals surface area contributed by atoms with E-state index in [1.807, 2.05) is 0 Å². The van der Waals surface area contributed by atoms with Crippen molar-refractivity contribution in [2.24, 2.45) is 5.14 Å². The zero-order valence-corrected chi connectivity index (χ0v) is 13.6. The summed E-state index contributed by atoms with van der Waals surface area (Å²) in [6, 6.07) is 3.86. The van der Waals surface area contributed by atoms with Gasteiger partial charge in [-0.2, -0.15) is 0 Å². The van der Waals surface area contributed by atoms with E-state index in [0.717, 1.165) is 5.01 Å². The second-order valence-corrected chi connectivity index (χ2v) is 7.46. The lowest BCUT2D eigenvalue weighted by atomic mass is 10.3. The lowest BCUT2D eigenvalue weighted by Gasteiger charge is -2.08. The molecule has 1 heterocycles. The number of primary sulfonamides is 1. The van der Waals surface area contributed by atoms with Crippen LogP contribution in [0.1, 0.15) is 20.4 Å². The average molecular weight is 346 g/mol. The minimum Gasteiger partial charge on any atom is -0.320 e. The lowest BCUT2D eigenvalue weighted by Crippen LogP contribution is -2.15. The number of aromatic nitrogens is 1. The fourth-order valence-corrected chi connectivity index (χ4v) is 3.22. The van der Waals surface area contributed by atoms with Crippen LogP contribution in [0.15, 0.2) is 23.1 Å². The zero-order valence-electron chi connectivity index (χ0n) is 11.2. The molecule has 1 amide bonds. The molecule has 6 nitrogen and oxygen atoms in total. The minimum atomic E-state index is -3.87. The number of halogens is 1. The van der Waals surface area contributed by atoms with Crippen LogP contribution in [-0.4, -0.2) is 19.3 Å². The Labute approximate surface area is 131 Å². The summed E-state index contributed by atoms with van der Waals surface area (Å²) in [4.78, 5) is 16.7. The second-order valence-electron chi connectivity index (χ2n) is 4.29. The van der Waals surface area contributed by atoms with Crippen molar-refractivity contribution in [2.75, 3.05) is 5.32 Å². The van der Waals surface area contributed by atoms with Crippen LogP contribution < -0.4 is 10.5 Å². The smallest absolute Gasteiger partial charge is 0.267 e. The van der Waals surface area contributed by atoms with Gasteiger partial charge in [-0.3, -0.25) is 4.79 Å². The number of thiazole rings is 1. The van der Waals surface area contributed by atoms with E-state index in [4.69, 9.17) is 16.7 Å². The molecule has 0 aliphatic rings. The van der Waals surface area contributed by atoms with Gasteiger partial charge in [-0.25, -0.2) is 18.5 Å². The maximum absolute atomic E-state index is 12.2. The summed E-state index contributed by atoms with van der Waals surface area (Å²) < 4.78 is 22.6. The number of nitrogens with one attached hydrogen (secondary N) is 1. The summed E-state index contributed by atoms with van der Waals surface area (Å²) in [6.07, 6.45) is 0. The van der Waals surface area contributed by atoms with Crippen LogP contribution in [0.3, 0.4) is 0 Å². The van der Waals surface area contributed by atoms with Crippen molar-refractivity contribution in [1.82, 2.24) is 4.98 Å². The Kier molecular flexibility index (Phi) is 4.33. The highest BCUT2D eigenvalue weighted by atomic mass is 35.5. The van der Waals surface area contributed by atoms with E-state index >= 15 is 0 Å². The lowest BCUT2D eigenvalue weighted by molar-refractivity contribution is 0.102. The first-order chi connectivity index (χ1) is 9.68. The van der Waals surface area contributed by atoms with Gasteiger partial charge in [0.25, 0.3) is 5.91 Å². The molecular weight excluding hydrogens is 334 g/mol. The van der Waals surface area contributed by atoms with E-state index in [9.17, 15) is 13.2 Å². The predicted octanol–water partition coefficient (Wildman–Crippen LogP) is 2.31. The second kappa shape index (κ2) is 5.72. The number of hydrogen-bond acceptors (Lipinski definition) is 5. The van der Waals surface area contributed by atoms with Crippen molar-refractivity contribution >= 4 is 44.6 Å². The standard InChI is InChI=1S/C12H12ClN3O3S2/c1-6-11(20-7(2)15-6)12(17)16-10-5-8(21(14,18)19)3-4-9(10)13/h3-5H,1-2H3,(H,16,17)(H2,14,18,19). The molecule has 21 heavy (non-hydrogen) atoms. The van der Waals surface area contributed by atoms with E-state index in [0.29, 0.717) is 10.6 Å². The number of carbonyl (C=O) groups excluding carboxylic acids is 1. The van der Waals surface area contributed by atoms with Crippen molar-refractivity contribution in [3.8, 4) is 0 Å². The van der Waals surface area contributed by atoms with E-state index < -0.39 is 15.9 Å². The average Bonchev–Trinajstić information content (AvgIpc) is 2.70. The van der Waals surface area contributed by atoms with Gasteiger partial charge in [0.1, 0.15) is 4.88 Å². The minimum absolute atomic E-state index is 0.126. The van der Waals surface area contributed by atoms with E-state index in [2.05, 4.69) is 10.3 Å². The van der Waals surface area contributed by atoms with Gasteiger partial charge in [0.15, 0.2) is 0 Å². The fraction of sp³-hybridized carbons (Fsp3) is 0.167. The SMILES string of the molecule is Cc1nc(C)c(C(=O)Nc2cc(S(N)(=O)=O)ccc2Cl)s1. The molecule has 2 aromatic rings. The molecule has 0 radical (unpaired) electrons. The van der Waals surface area contributed by atoms with Crippen LogP contribution in [0.25, 0.3) is 0 Å². The maximum Gasteiger partial charge on any atom is 0.267 e. The molecule has 0 saturated carbocycles. The van der Waals surface area contributed by atoms with Crippen LogP contribution >= 0.6 is 22.9 Å². The first-order valence-corrected chi connectivity index (χ1v) is 8.50. The molecular formula is C12H12ClN3O3S2. The van der Waals surface area contributed by atoms with Gasteiger partial charge in [0.2, 0.25) is 10.0 Å². The quantitative estimate of drug-likeness (QED) is 0.890. The summed E-state index contributed by atoms with van der Waals surface area (Å²) in [7, 11) is -3.87. The van der Waals surface area contributed by atoms with Crippen LogP contribution in [-0.2, 0) is 10.0 Å². The molecule has 1 aromatic carbocycles. The van der Waals surface area contributed by atoms with Crippen LogP contribution in [0.2, 0.25) is 5.02 Å². The molecule has 0 bridgehead atoms. The summed E-state index contributed by atoms with van der Waals surface area (Å²) in [5, 5.41) is 8.61. The van der Waals surface area contributed by atoms with E-state index in [-0.39, 0.29) is 15.6 Å². The molecule has 0 aliphatic carbocycles. The van der Waals surface area contributed by atoms with E-state index in [1.54, 1.807) is 13.8 Å². The molecule has 3 N–H and O–H groups in total. The number of nitrogens with two attached hydrogens (primary N) is 1. The number of amides is 1. The van der Waals surface area contributed by atoms with Gasteiger partial charge >= 0.3 is 0 Å². The van der Waals surface area contributed by atoms with Crippen LogP contribution in [0.5, 0.6) is 0 Å². The number of nitrogens with zero attached hydrogens (tertiary/aromatic N) is 1. The molecule has 0 spiro atoms. The first-order valence-electron chi connectivity index (χ1n) is 5.76. The Morgan fingerprint density at radius 1 is 1.38 bits per heavy atom. The monoisotopic (exact) mass is 345 g/mol. The summed E-state index contributed by atoms with van der Waals surface area (Å²) in [5.74, 6) is -0.397. The number of aryl methyl sites for hydroxylation is 2. The predicted molar refractivity (Wildman–Crippen MR) is 82.4 cm³/mol. The molecule has 0 saturated heterocycles. The Hall–Kier alpha value is -1.48. The molecule has 0 aliphatic heterocycles. The Morgan fingerprint density at radius 2 is 2.05 bits per heavy atom. The fourth-order valence-electron chi connectivity index (χ4n) is 1.70. The zero-order chi connectivity index (χ0) is 15.8. The Bertz CT molecular complexity index is 815. The molecule has 112 valence electrons. The van der Waals surface area contributed by atoms with Crippen molar-refractivity contribution < 1.29 is 13.2 Å². The van der Waals surface area contributed by atoms with Crippen molar-refractivity contribution in [1.29, 1.82) is 0 Å². The molecule has 0 unspecified atom stereocenters. The highest BCUT2D eigenvalue weighted by Gasteiger charge is 2.17. The van der Waals surface area contributed by atoms with Gasteiger partial charge in [0, 0.05) is 0 Å². The van der Waals surface area contributed by atoms with Crippen molar-refractivity contribution in [2.45, 2.75) is 18.7 Å². The van der Waals surface area contributed by atoms with Gasteiger partial charge in [-0.15, -0.1) is 11.3 Å². The van der Waals surface area contributed by atoms with Gasteiger partial charge in [0.05, 0.1) is 26.3 Å². The normalized spacial score (nSPS) is 11.4. The number of carbonyl (C=O) groups is 1. The first kappa shape index (κ1) is 15.9. The van der Waals surface area contributed by atoms with Crippen molar-refractivity contribution in [3.63, 3.8) is 0 Å². The number of anilines is 1. The molecule has 2 rings (SSSR count). The molecule has 1 aromatic heterocycles. The highest BCUT2D eigenvalue weighted by Crippen LogP contribution is 2.26. The van der Waals surface area contributed by atoms with Gasteiger partial charge < -0.3 is 5.32 Å². The molecule has 9 heteroatoms. The molecule has 0 fully saturated rings. The number of hydrogen-bond donors (Lipinski definition) is 2. The van der Waals surface area contributed by atoms with Crippen molar-refractivity contribution in [3.05, 3.63) is 38.8 Å².